The van der Waals surface area contributed by atoms with E-state index in [9.17, 15) is 18.0 Å². The van der Waals surface area contributed by atoms with Crippen LogP contribution < -0.4 is 4.90 Å². The van der Waals surface area contributed by atoms with Crippen LogP contribution in [0.4, 0.5) is 18.9 Å². The van der Waals surface area contributed by atoms with Gasteiger partial charge in [0, 0.05) is 24.3 Å². The zero-order valence-corrected chi connectivity index (χ0v) is 12.3. The maximum absolute atomic E-state index is 13.2. The first-order chi connectivity index (χ1) is 9.82. The van der Waals surface area contributed by atoms with E-state index in [1.54, 1.807) is 4.90 Å². The second kappa shape index (κ2) is 6.08. The van der Waals surface area contributed by atoms with Gasteiger partial charge in [0.2, 0.25) is 0 Å². The van der Waals surface area contributed by atoms with Gasteiger partial charge in [0.1, 0.15) is 6.29 Å². The first-order valence-corrected chi connectivity index (χ1v) is 7.24. The number of alkyl halides is 3. The Morgan fingerprint density at radius 1 is 1.24 bits per heavy atom. The lowest BCUT2D eigenvalue weighted by atomic mass is 9.86. The first-order valence-electron chi connectivity index (χ1n) is 7.24. The van der Waals surface area contributed by atoms with Crippen LogP contribution in [0.5, 0.6) is 0 Å². The number of hydrogen-bond acceptors (Lipinski definition) is 2. The Morgan fingerprint density at radius 3 is 2.33 bits per heavy atom. The van der Waals surface area contributed by atoms with Gasteiger partial charge in [-0.1, -0.05) is 13.8 Å². The number of carbonyl (C=O) groups is 1. The van der Waals surface area contributed by atoms with Gasteiger partial charge in [0.25, 0.3) is 0 Å². The number of hydrogen-bond donors (Lipinski definition) is 0. The smallest absolute Gasteiger partial charge is 0.371 e. The fourth-order valence-corrected chi connectivity index (χ4v) is 2.94. The number of carbonyl (C=O) groups excluding carboxylic acids is 1. The molecule has 1 heterocycles. The highest BCUT2D eigenvalue weighted by Crippen LogP contribution is 2.38. The van der Waals surface area contributed by atoms with Crippen molar-refractivity contribution in [2.45, 2.75) is 32.9 Å². The van der Waals surface area contributed by atoms with Crippen molar-refractivity contribution in [3.8, 4) is 0 Å². The van der Waals surface area contributed by atoms with Crippen molar-refractivity contribution in [1.29, 1.82) is 0 Å². The van der Waals surface area contributed by atoms with E-state index in [0.29, 0.717) is 31.2 Å². The molecule has 0 saturated carbocycles. The monoisotopic (exact) mass is 299 g/mol. The van der Waals surface area contributed by atoms with Crippen LogP contribution in [0.3, 0.4) is 0 Å². The van der Waals surface area contributed by atoms with Crippen LogP contribution in [-0.4, -0.2) is 19.4 Å². The van der Waals surface area contributed by atoms with Crippen molar-refractivity contribution in [3.05, 3.63) is 29.3 Å². The number of aldehydes is 1. The topological polar surface area (TPSA) is 20.3 Å². The molecule has 1 saturated heterocycles. The van der Waals surface area contributed by atoms with Gasteiger partial charge in [-0.15, -0.1) is 0 Å². The number of nitrogens with zero attached hydrogens (tertiary/aromatic N) is 1. The van der Waals surface area contributed by atoms with Crippen LogP contribution in [0.2, 0.25) is 0 Å². The third kappa shape index (κ3) is 3.57. The summed E-state index contributed by atoms with van der Waals surface area (Å²) in [4.78, 5) is 12.5. The Morgan fingerprint density at radius 2 is 1.86 bits per heavy atom. The van der Waals surface area contributed by atoms with Gasteiger partial charge in [-0.25, -0.2) is 0 Å². The molecule has 1 aromatic carbocycles. The molecule has 1 aliphatic heterocycles. The Bertz CT molecular complexity index is 503. The van der Waals surface area contributed by atoms with Crippen LogP contribution in [-0.2, 0) is 6.18 Å². The number of piperidine rings is 1. The highest BCUT2D eigenvalue weighted by atomic mass is 19.4. The molecule has 0 bridgehead atoms. The molecule has 0 amide bonds. The summed E-state index contributed by atoms with van der Waals surface area (Å²) in [7, 11) is 0. The van der Waals surface area contributed by atoms with Crippen molar-refractivity contribution in [3.63, 3.8) is 0 Å². The summed E-state index contributed by atoms with van der Waals surface area (Å²) in [6.45, 7) is 5.57. The molecule has 0 unspecified atom stereocenters. The third-order valence-corrected chi connectivity index (χ3v) is 4.29. The lowest BCUT2D eigenvalue weighted by Gasteiger charge is -2.36. The molecular weight excluding hydrogens is 279 g/mol. The molecule has 2 rings (SSSR count). The molecule has 0 aliphatic carbocycles. The van der Waals surface area contributed by atoms with Gasteiger partial charge in [0.05, 0.1) is 5.56 Å². The zero-order valence-electron chi connectivity index (χ0n) is 12.3. The van der Waals surface area contributed by atoms with Crippen LogP contribution in [0.15, 0.2) is 18.2 Å². The lowest BCUT2D eigenvalue weighted by Crippen LogP contribution is -2.36. The van der Waals surface area contributed by atoms with E-state index in [1.165, 1.54) is 12.1 Å². The minimum Gasteiger partial charge on any atom is -0.371 e. The molecule has 0 N–H and O–H groups in total. The molecule has 0 aromatic heterocycles. The maximum Gasteiger partial charge on any atom is 0.418 e. The van der Waals surface area contributed by atoms with Gasteiger partial charge in [-0.3, -0.25) is 4.79 Å². The zero-order chi connectivity index (χ0) is 15.6. The van der Waals surface area contributed by atoms with Crippen LogP contribution in [0, 0.1) is 11.8 Å². The van der Waals surface area contributed by atoms with Crippen molar-refractivity contribution >= 4 is 12.0 Å². The SMILES string of the molecule is CC(C)C1CCN(c2ccc(C=O)cc2C(F)(F)F)CC1. The standard InChI is InChI=1S/C16H20F3NO/c1-11(2)13-5-7-20(8-6-13)15-4-3-12(10-21)9-14(15)16(17,18)19/h3-4,9-11,13H,5-8H2,1-2H3. The number of rotatable bonds is 3. The van der Waals surface area contributed by atoms with Gasteiger partial charge in [-0.2, -0.15) is 13.2 Å². The van der Waals surface area contributed by atoms with E-state index in [2.05, 4.69) is 13.8 Å². The highest BCUT2D eigenvalue weighted by Gasteiger charge is 2.36. The summed E-state index contributed by atoms with van der Waals surface area (Å²) < 4.78 is 39.5. The van der Waals surface area contributed by atoms with Crippen molar-refractivity contribution in [2.24, 2.45) is 11.8 Å². The molecule has 1 aliphatic rings. The second-order valence-corrected chi connectivity index (χ2v) is 5.96. The van der Waals surface area contributed by atoms with Gasteiger partial charge in [0.15, 0.2) is 0 Å². The highest BCUT2D eigenvalue weighted by molar-refractivity contribution is 5.77. The minimum atomic E-state index is -4.44. The minimum absolute atomic E-state index is 0.0585. The molecule has 5 heteroatoms. The van der Waals surface area contributed by atoms with Gasteiger partial charge < -0.3 is 4.90 Å². The number of anilines is 1. The van der Waals surface area contributed by atoms with Crippen LogP contribution >= 0.6 is 0 Å². The molecule has 0 spiro atoms. The van der Waals surface area contributed by atoms with Crippen molar-refractivity contribution in [1.82, 2.24) is 0 Å². The molecule has 1 fully saturated rings. The summed E-state index contributed by atoms with van der Waals surface area (Å²) in [6, 6.07) is 3.81. The molecular formula is C16H20F3NO. The Hall–Kier alpha value is -1.52. The van der Waals surface area contributed by atoms with E-state index < -0.39 is 11.7 Å². The molecule has 116 valence electrons. The second-order valence-electron chi connectivity index (χ2n) is 5.96. The van der Waals surface area contributed by atoms with Crippen molar-refractivity contribution in [2.75, 3.05) is 18.0 Å². The number of benzene rings is 1. The van der Waals surface area contributed by atoms with E-state index in [0.717, 1.165) is 18.9 Å². The average molecular weight is 299 g/mol. The van der Waals surface area contributed by atoms with E-state index in [1.807, 2.05) is 0 Å². The first kappa shape index (κ1) is 15.9. The number of halogens is 3. The summed E-state index contributed by atoms with van der Waals surface area (Å²) in [5.74, 6) is 1.14. The fourth-order valence-electron chi connectivity index (χ4n) is 2.94. The van der Waals surface area contributed by atoms with Crippen LogP contribution in [0.1, 0.15) is 42.6 Å². The van der Waals surface area contributed by atoms with E-state index in [4.69, 9.17) is 0 Å². The van der Waals surface area contributed by atoms with Gasteiger partial charge in [-0.05, 0) is 42.9 Å². The largest absolute Gasteiger partial charge is 0.418 e. The Balaban J connectivity index is 2.26. The molecule has 1 aromatic rings. The van der Waals surface area contributed by atoms with Crippen LogP contribution in [0.25, 0.3) is 0 Å². The Kier molecular flexibility index (Phi) is 4.59. The average Bonchev–Trinajstić information content (AvgIpc) is 2.46. The lowest BCUT2D eigenvalue weighted by molar-refractivity contribution is -0.137. The molecule has 0 radical (unpaired) electrons. The van der Waals surface area contributed by atoms with Gasteiger partial charge >= 0.3 is 6.18 Å². The summed E-state index contributed by atoms with van der Waals surface area (Å²) in [6.07, 6.45) is -2.18. The predicted molar refractivity (Wildman–Crippen MR) is 76.6 cm³/mol. The molecule has 0 atom stereocenters. The predicted octanol–water partition coefficient (Wildman–Crippen LogP) is 4.39. The summed E-state index contributed by atoms with van der Waals surface area (Å²) in [5, 5.41) is 0. The summed E-state index contributed by atoms with van der Waals surface area (Å²) >= 11 is 0. The van der Waals surface area contributed by atoms with E-state index in [-0.39, 0.29) is 11.3 Å². The van der Waals surface area contributed by atoms with E-state index >= 15 is 0 Å². The Labute approximate surface area is 122 Å². The maximum atomic E-state index is 13.2. The summed E-state index contributed by atoms with van der Waals surface area (Å²) in [5.41, 5.74) is -0.464. The quantitative estimate of drug-likeness (QED) is 0.771. The van der Waals surface area contributed by atoms with Crippen molar-refractivity contribution < 1.29 is 18.0 Å². The normalized spacial score (nSPS) is 17.3. The third-order valence-electron chi connectivity index (χ3n) is 4.29. The molecule has 2 nitrogen and oxygen atoms in total. The fraction of sp³-hybridized carbons (Fsp3) is 0.562. The molecule has 21 heavy (non-hydrogen) atoms.